The van der Waals surface area contributed by atoms with Gasteiger partial charge in [-0.15, -0.1) is 0 Å². The molecule has 2 aromatic rings. The summed E-state index contributed by atoms with van der Waals surface area (Å²) in [5, 5.41) is 9.06. The molecule has 0 aliphatic carbocycles. The lowest BCUT2D eigenvalue weighted by atomic mass is 9.97. The monoisotopic (exact) mass is 373 g/mol. The number of carbonyl (C=O) groups excluding carboxylic acids is 1. The molecule has 3 rings (SSSR count). The van der Waals surface area contributed by atoms with Crippen LogP contribution in [-0.4, -0.2) is 57.4 Å². The molecule has 3 heterocycles. The van der Waals surface area contributed by atoms with Crippen molar-refractivity contribution in [3.8, 4) is 5.75 Å². The van der Waals surface area contributed by atoms with Gasteiger partial charge in [-0.25, -0.2) is 4.98 Å². The van der Waals surface area contributed by atoms with Gasteiger partial charge in [0, 0.05) is 12.6 Å². The smallest absolute Gasteiger partial charge is 0.306 e. The van der Waals surface area contributed by atoms with Gasteiger partial charge in [0.2, 0.25) is 0 Å². The van der Waals surface area contributed by atoms with Crippen LogP contribution >= 0.6 is 0 Å². The lowest BCUT2D eigenvalue weighted by molar-refractivity contribution is -0.143. The van der Waals surface area contributed by atoms with Gasteiger partial charge >= 0.3 is 5.97 Å². The summed E-state index contributed by atoms with van der Waals surface area (Å²) in [4.78, 5) is 30.6. The van der Waals surface area contributed by atoms with Crippen molar-refractivity contribution in [2.45, 2.75) is 39.5 Å². The first kappa shape index (κ1) is 19.4. The number of aryl methyl sites for hydroxylation is 1. The number of hydrogen-bond donors (Lipinski definition) is 1. The Hall–Kier alpha value is -2.41. The molecular weight excluding hydrogens is 346 g/mol. The molecule has 1 fully saturated rings. The van der Waals surface area contributed by atoms with E-state index in [4.69, 9.17) is 9.84 Å². The van der Waals surface area contributed by atoms with Crippen LogP contribution < -0.4 is 4.74 Å². The predicted octanol–water partition coefficient (Wildman–Crippen LogP) is 2.80. The number of fused-ring (bicyclic) bond motifs is 1. The summed E-state index contributed by atoms with van der Waals surface area (Å²) >= 11 is 0. The molecular formula is C20H27N3O4. The molecule has 0 amide bonds. The van der Waals surface area contributed by atoms with Crippen LogP contribution in [0, 0.1) is 12.8 Å². The molecule has 7 nitrogen and oxygen atoms in total. The Labute approximate surface area is 158 Å². The Morgan fingerprint density at radius 3 is 2.74 bits per heavy atom. The number of imidazole rings is 1. The zero-order chi connectivity index (χ0) is 19.4. The third kappa shape index (κ3) is 4.30. The van der Waals surface area contributed by atoms with Gasteiger partial charge in [0.15, 0.2) is 17.2 Å². The van der Waals surface area contributed by atoms with Gasteiger partial charge in [0.05, 0.1) is 18.2 Å². The van der Waals surface area contributed by atoms with Gasteiger partial charge in [0.25, 0.3) is 0 Å². The fourth-order valence-electron chi connectivity index (χ4n) is 3.75. The van der Waals surface area contributed by atoms with Gasteiger partial charge in [-0.3, -0.25) is 14.0 Å². The number of carboxylic acid groups (broad SMARTS) is 1. The van der Waals surface area contributed by atoms with E-state index in [1.165, 1.54) is 0 Å². The average molecular weight is 373 g/mol. The first-order valence-corrected chi connectivity index (χ1v) is 9.60. The Balaban J connectivity index is 1.60. The maximum absolute atomic E-state index is 12.8. The van der Waals surface area contributed by atoms with Crippen molar-refractivity contribution in [1.82, 2.24) is 14.3 Å². The number of nitrogens with zero attached hydrogens (tertiary/aromatic N) is 3. The number of pyridine rings is 1. The average Bonchev–Trinajstić information content (AvgIpc) is 2.99. The van der Waals surface area contributed by atoms with E-state index in [1.54, 1.807) is 0 Å². The van der Waals surface area contributed by atoms with Gasteiger partial charge in [-0.1, -0.05) is 0 Å². The van der Waals surface area contributed by atoms with Crippen molar-refractivity contribution in [3.63, 3.8) is 0 Å². The molecule has 1 aliphatic rings. The molecule has 1 aliphatic heterocycles. The molecule has 0 radical (unpaired) electrons. The van der Waals surface area contributed by atoms with Gasteiger partial charge in [0.1, 0.15) is 5.69 Å². The van der Waals surface area contributed by atoms with E-state index >= 15 is 0 Å². The minimum absolute atomic E-state index is 0.0778. The number of ketones is 1. The highest BCUT2D eigenvalue weighted by molar-refractivity contribution is 5.96. The van der Waals surface area contributed by atoms with Crippen molar-refractivity contribution in [3.05, 3.63) is 29.7 Å². The van der Waals surface area contributed by atoms with Crippen molar-refractivity contribution < 1.29 is 19.4 Å². The minimum Gasteiger partial charge on any atom is -0.490 e. The summed E-state index contributed by atoms with van der Waals surface area (Å²) in [5.74, 6) is -0.153. The standard InChI is InChI=1S/C20H27N3O4/c1-3-27-17-7-5-11-23-18(14(2)21-19(17)23)16(24)6-4-10-22-12-8-15(9-13-22)20(25)26/h5,7,11,15H,3-4,6,8-10,12-13H2,1-2H3,(H,25,26). The van der Waals surface area contributed by atoms with E-state index in [9.17, 15) is 9.59 Å². The lowest BCUT2D eigenvalue weighted by Crippen LogP contribution is -2.36. The number of rotatable bonds is 8. The summed E-state index contributed by atoms with van der Waals surface area (Å²) in [7, 11) is 0. The molecule has 7 heteroatoms. The highest BCUT2D eigenvalue weighted by Crippen LogP contribution is 2.23. The third-order valence-electron chi connectivity index (χ3n) is 5.17. The fourth-order valence-corrected chi connectivity index (χ4v) is 3.75. The number of ether oxygens (including phenoxy) is 1. The molecule has 27 heavy (non-hydrogen) atoms. The fraction of sp³-hybridized carbons (Fsp3) is 0.550. The van der Waals surface area contributed by atoms with Crippen LogP contribution in [-0.2, 0) is 4.79 Å². The summed E-state index contributed by atoms with van der Waals surface area (Å²) in [6.45, 7) is 6.72. The molecule has 1 saturated heterocycles. The first-order chi connectivity index (χ1) is 13.0. The molecule has 2 aromatic heterocycles. The van der Waals surface area contributed by atoms with Crippen LogP contribution in [0.25, 0.3) is 5.65 Å². The van der Waals surface area contributed by atoms with Crippen LogP contribution in [0.15, 0.2) is 18.3 Å². The second-order valence-electron chi connectivity index (χ2n) is 7.03. The summed E-state index contributed by atoms with van der Waals surface area (Å²) in [5.41, 5.74) is 2.02. The van der Waals surface area contributed by atoms with Gasteiger partial charge in [-0.05, 0) is 64.9 Å². The minimum atomic E-state index is -0.695. The van der Waals surface area contributed by atoms with Gasteiger partial charge in [-0.2, -0.15) is 0 Å². The maximum atomic E-state index is 12.8. The Morgan fingerprint density at radius 2 is 2.07 bits per heavy atom. The third-order valence-corrected chi connectivity index (χ3v) is 5.17. The number of Topliss-reactive ketones (excluding diaryl/α,β-unsaturated/α-hetero) is 1. The molecule has 0 spiro atoms. The number of likely N-dealkylation sites (tertiary alicyclic amines) is 1. The largest absolute Gasteiger partial charge is 0.490 e. The maximum Gasteiger partial charge on any atom is 0.306 e. The van der Waals surface area contributed by atoms with Gasteiger partial charge < -0.3 is 14.7 Å². The van der Waals surface area contributed by atoms with E-state index in [1.807, 2.05) is 36.6 Å². The zero-order valence-electron chi connectivity index (χ0n) is 16.0. The van der Waals surface area contributed by atoms with Crippen LogP contribution in [0.4, 0.5) is 0 Å². The van der Waals surface area contributed by atoms with Crippen LogP contribution in [0.2, 0.25) is 0 Å². The van der Waals surface area contributed by atoms with E-state index in [0.29, 0.717) is 43.0 Å². The summed E-state index contributed by atoms with van der Waals surface area (Å²) < 4.78 is 7.43. The Kier molecular flexibility index (Phi) is 6.11. The molecule has 146 valence electrons. The highest BCUT2D eigenvalue weighted by Gasteiger charge is 2.24. The number of carboxylic acids is 1. The predicted molar refractivity (Wildman–Crippen MR) is 101 cm³/mol. The van der Waals surface area contributed by atoms with Crippen molar-refractivity contribution in [2.75, 3.05) is 26.2 Å². The number of piperidine rings is 1. The quantitative estimate of drug-likeness (QED) is 0.717. The van der Waals surface area contributed by atoms with Crippen molar-refractivity contribution in [2.24, 2.45) is 5.92 Å². The Morgan fingerprint density at radius 1 is 1.33 bits per heavy atom. The topological polar surface area (TPSA) is 84.1 Å². The lowest BCUT2D eigenvalue weighted by Gasteiger charge is -2.29. The normalized spacial score (nSPS) is 15.9. The van der Waals surface area contributed by atoms with Crippen molar-refractivity contribution >= 4 is 17.4 Å². The second kappa shape index (κ2) is 8.52. The zero-order valence-corrected chi connectivity index (χ0v) is 16.0. The molecule has 1 N–H and O–H groups in total. The molecule has 0 unspecified atom stereocenters. The second-order valence-corrected chi connectivity index (χ2v) is 7.03. The molecule has 0 atom stereocenters. The van der Waals surface area contributed by atoms with Crippen LogP contribution in [0.5, 0.6) is 5.75 Å². The SMILES string of the molecule is CCOc1cccn2c(C(=O)CCCN3CCC(C(=O)O)CC3)c(C)nc12. The summed E-state index contributed by atoms with van der Waals surface area (Å²) in [6.07, 6.45) is 4.44. The number of carbonyl (C=O) groups is 2. The molecule has 0 bridgehead atoms. The van der Waals surface area contributed by atoms with E-state index < -0.39 is 5.97 Å². The van der Waals surface area contributed by atoms with Crippen LogP contribution in [0.3, 0.4) is 0 Å². The highest BCUT2D eigenvalue weighted by atomic mass is 16.5. The van der Waals surface area contributed by atoms with Crippen LogP contribution in [0.1, 0.15) is 48.8 Å². The summed E-state index contributed by atoms with van der Waals surface area (Å²) in [6, 6.07) is 3.72. The molecule has 0 aromatic carbocycles. The number of aliphatic carboxylic acids is 1. The number of aromatic nitrogens is 2. The van der Waals surface area contributed by atoms with E-state index in [-0.39, 0.29) is 11.7 Å². The Bertz CT molecular complexity index is 822. The first-order valence-electron chi connectivity index (χ1n) is 9.60. The molecule has 0 saturated carbocycles. The van der Waals surface area contributed by atoms with Crippen molar-refractivity contribution in [1.29, 1.82) is 0 Å². The van der Waals surface area contributed by atoms with E-state index in [0.717, 1.165) is 31.7 Å². The van der Waals surface area contributed by atoms with E-state index in [2.05, 4.69) is 9.88 Å². The number of hydrogen-bond acceptors (Lipinski definition) is 5.